The highest BCUT2D eigenvalue weighted by atomic mass is 32.1. The van der Waals surface area contributed by atoms with Gasteiger partial charge in [-0.25, -0.2) is 4.98 Å². The second kappa shape index (κ2) is 6.09. The number of nitrogens with one attached hydrogen (secondary N) is 2. The van der Waals surface area contributed by atoms with Crippen molar-refractivity contribution in [1.82, 2.24) is 10.3 Å². The fraction of sp³-hybridized carbons (Fsp3) is 0.579. The van der Waals surface area contributed by atoms with Gasteiger partial charge >= 0.3 is 0 Å². The Bertz CT molecular complexity index is 787. The zero-order chi connectivity index (χ0) is 17.7. The van der Waals surface area contributed by atoms with Gasteiger partial charge in [-0.1, -0.05) is 0 Å². The van der Waals surface area contributed by atoms with Gasteiger partial charge in [0.15, 0.2) is 5.13 Å². The third kappa shape index (κ3) is 2.93. The van der Waals surface area contributed by atoms with Gasteiger partial charge in [0.05, 0.1) is 18.4 Å². The van der Waals surface area contributed by atoms with Crippen LogP contribution < -0.4 is 10.6 Å². The molecule has 4 aliphatic carbocycles. The van der Waals surface area contributed by atoms with Crippen LogP contribution in [0.2, 0.25) is 0 Å². The van der Waals surface area contributed by atoms with Crippen molar-refractivity contribution >= 4 is 22.4 Å². The lowest BCUT2D eigenvalue weighted by Gasteiger charge is -2.58. The fourth-order valence-electron chi connectivity index (χ4n) is 5.48. The monoisotopic (exact) mass is 373 g/mol. The Morgan fingerprint density at radius 1 is 1.35 bits per heavy atom. The summed E-state index contributed by atoms with van der Waals surface area (Å²) in [6.45, 7) is 0.550. The van der Waals surface area contributed by atoms with E-state index in [1.54, 1.807) is 11.6 Å². The molecule has 2 heterocycles. The van der Waals surface area contributed by atoms with Gasteiger partial charge in [-0.05, 0) is 62.0 Å². The molecule has 3 N–H and O–H groups in total. The molecule has 7 heteroatoms. The van der Waals surface area contributed by atoms with Gasteiger partial charge in [-0.15, -0.1) is 11.3 Å². The lowest BCUT2D eigenvalue weighted by Crippen LogP contribution is -2.61. The first-order valence-electron chi connectivity index (χ1n) is 9.33. The van der Waals surface area contributed by atoms with Crippen LogP contribution in [0.4, 0.5) is 5.13 Å². The number of amides is 1. The average Bonchev–Trinajstić information content (AvgIpc) is 3.26. The number of aromatic nitrogens is 1. The van der Waals surface area contributed by atoms with Crippen molar-refractivity contribution in [1.29, 1.82) is 0 Å². The molecule has 0 radical (unpaired) electrons. The van der Waals surface area contributed by atoms with Gasteiger partial charge < -0.3 is 20.2 Å². The lowest BCUT2D eigenvalue weighted by molar-refractivity contribution is -0.136. The third-order valence-corrected chi connectivity index (χ3v) is 7.07. The predicted octanol–water partition coefficient (Wildman–Crippen LogP) is 3.02. The van der Waals surface area contributed by atoms with Gasteiger partial charge in [0.1, 0.15) is 11.5 Å². The van der Waals surface area contributed by atoms with Crippen LogP contribution >= 0.6 is 11.3 Å². The minimum absolute atomic E-state index is 0.100. The topological polar surface area (TPSA) is 87.4 Å². The Morgan fingerprint density at radius 3 is 2.85 bits per heavy atom. The minimum atomic E-state index is -0.471. The molecule has 2 aromatic rings. The Balaban J connectivity index is 1.22. The van der Waals surface area contributed by atoms with Crippen LogP contribution in [0.1, 0.15) is 48.4 Å². The molecule has 1 amide bonds. The summed E-state index contributed by atoms with van der Waals surface area (Å²) >= 11 is 1.43. The number of rotatable bonds is 5. The van der Waals surface area contributed by atoms with E-state index in [0.29, 0.717) is 35.1 Å². The van der Waals surface area contributed by atoms with Crippen LogP contribution in [0.25, 0.3) is 0 Å². The highest BCUT2D eigenvalue weighted by Crippen LogP contribution is 2.55. The molecule has 138 valence electrons. The van der Waals surface area contributed by atoms with Crippen LogP contribution in [0.3, 0.4) is 0 Å². The van der Waals surface area contributed by atoms with E-state index in [0.717, 1.165) is 37.9 Å². The molecule has 0 aliphatic heterocycles. The molecule has 6 rings (SSSR count). The van der Waals surface area contributed by atoms with Gasteiger partial charge in [0.2, 0.25) is 0 Å². The fourth-order valence-corrected chi connectivity index (χ4v) is 6.17. The maximum Gasteiger partial charge on any atom is 0.271 e. The Morgan fingerprint density at radius 2 is 2.15 bits per heavy atom. The Labute approximate surface area is 156 Å². The first-order chi connectivity index (χ1) is 12.6. The molecule has 4 fully saturated rings. The number of nitrogens with zero attached hydrogens (tertiary/aromatic N) is 1. The third-order valence-electron chi connectivity index (χ3n) is 6.27. The van der Waals surface area contributed by atoms with E-state index in [1.165, 1.54) is 11.3 Å². The molecule has 6 nitrogen and oxygen atoms in total. The number of thiazole rings is 1. The number of anilines is 1. The van der Waals surface area contributed by atoms with Crippen LogP contribution in [-0.2, 0) is 6.54 Å². The van der Waals surface area contributed by atoms with E-state index in [4.69, 9.17) is 4.42 Å². The zero-order valence-corrected chi connectivity index (χ0v) is 15.3. The van der Waals surface area contributed by atoms with E-state index in [9.17, 15) is 9.90 Å². The van der Waals surface area contributed by atoms with E-state index < -0.39 is 5.60 Å². The first-order valence-corrected chi connectivity index (χ1v) is 10.2. The van der Waals surface area contributed by atoms with Crippen LogP contribution in [0, 0.1) is 17.8 Å². The van der Waals surface area contributed by atoms with Gasteiger partial charge in [0.25, 0.3) is 5.91 Å². The summed E-state index contributed by atoms with van der Waals surface area (Å²) in [6.07, 6.45) is 6.53. The summed E-state index contributed by atoms with van der Waals surface area (Å²) in [6, 6.07) is 3.92. The maximum absolute atomic E-state index is 12.7. The van der Waals surface area contributed by atoms with E-state index in [2.05, 4.69) is 15.6 Å². The summed E-state index contributed by atoms with van der Waals surface area (Å²) in [4.78, 5) is 17.1. The van der Waals surface area contributed by atoms with Crippen LogP contribution in [0.5, 0.6) is 0 Å². The highest BCUT2D eigenvalue weighted by Gasteiger charge is 2.55. The first kappa shape index (κ1) is 16.3. The van der Waals surface area contributed by atoms with Crippen LogP contribution in [0.15, 0.2) is 28.2 Å². The highest BCUT2D eigenvalue weighted by molar-refractivity contribution is 7.13. The summed E-state index contributed by atoms with van der Waals surface area (Å²) in [5.41, 5.74) is -0.00847. The van der Waals surface area contributed by atoms with Crippen molar-refractivity contribution in [2.45, 2.75) is 50.3 Å². The van der Waals surface area contributed by atoms with Crippen molar-refractivity contribution in [2.24, 2.45) is 17.8 Å². The molecule has 4 saturated carbocycles. The molecule has 0 aromatic carbocycles. The van der Waals surface area contributed by atoms with Crippen molar-refractivity contribution in [3.05, 3.63) is 35.2 Å². The SMILES string of the molecule is O=C(NC1C2CC3CC1CC(O)(C3)C2)c1csc(NCc2ccco2)n1. The zero-order valence-electron chi connectivity index (χ0n) is 14.5. The maximum atomic E-state index is 12.7. The second-order valence-corrected chi connectivity index (χ2v) is 9.02. The molecule has 26 heavy (non-hydrogen) atoms. The van der Waals surface area contributed by atoms with Gasteiger partial charge in [0, 0.05) is 11.4 Å². The number of carbonyl (C=O) groups is 1. The quantitative estimate of drug-likeness (QED) is 0.750. The summed E-state index contributed by atoms with van der Waals surface area (Å²) in [5, 5.41) is 19.6. The Hall–Kier alpha value is -1.86. The molecule has 2 unspecified atom stereocenters. The van der Waals surface area contributed by atoms with Gasteiger partial charge in [-0.3, -0.25) is 4.79 Å². The minimum Gasteiger partial charge on any atom is -0.467 e. The standard InChI is InChI=1S/C19H23N3O3S/c23-17(15-10-26-18(21-15)20-9-14-2-1-3-25-14)22-16-12-4-11-5-13(16)8-19(24,6-11)7-12/h1-3,10-13,16,24H,4-9H2,(H,20,21)(H,22,23). The van der Waals surface area contributed by atoms with Crippen molar-refractivity contribution in [3.63, 3.8) is 0 Å². The number of hydrogen-bond acceptors (Lipinski definition) is 6. The molecule has 2 atom stereocenters. The average molecular weight is 373 g/mol. The normalized spacial score (nSPS) is 34.8. The molecule has 4 bridgehead atoms. The molecular formula is C19H23N3O3S. The molecule has 4 aliphatic rings. The molecule has 0 spiro atoms. The van der Waals surface area contributed by atoms with E-state index in [-0.39, 0.29) is 11.9 Å². The largest absolute Gasteiger partial charge is 0.467 e. The van der Waals surface area contributed by atoms with E-state index >= 15 is 0 Å². The van der Waals surface area contributed by atoms with Crippen molar-refractivity contribution < 1.29 is 14.3 Å². The van der Waals surface area contributed by atoms with Gasteiger partial charge in [-0.2, -0.15) is 0 Å². The molecular weight excluding hydrogens is 350 g/mol. The summed E-state index contributed by atoms with van der Waals surface area (Å²) in [5.74, 6) is 2.19. The smallest absolute Gasteiger partial charge is 0.271 e. The number of aliphatic hydroxyl groups is 1. The summed E-state index contributed by atoms with van der Waals surface area (Å²) in [7, 11) is 0. The summed E-state index contributed by atoms with van der Waals surface area (Å²) < 4.78 is 5.29. The van der Waals surface area contributed by atoms with Crippen LogP contribution in [-0.4, -0.2) is 27.6 Å². The molecule has 0 saturated heterocycles. The number of carbonyl (C=O) groups excluding carboxylic acids is 1. The predicted molar refractivity (Wildman–Crippen MR) is 97.9 cm³/mol. The van der Waals surface area contributed by atoms with E-state index in [1.807, 2.05) is 12.1 Å². The molecule has 2 aromatic heterocycles. The van der Waals surface area contributed by atoms with Crippen molar-refractivity contribution in [3.8, 4) is 0 Å². The second-order valence-electron chi connectivity index (χ2n) is 8.16. The number of furan rings is 1. The lowest BCUT2D eigenvalue weighted by atomic mass is 9.52. The Kier molecular flexibility index (Phi) is 3.83. The van der Waals surface area contributed by atoms with Crippen molar-refractivity contribution in [2.75, 3.05) is 5.32 Å². The number of hydrogen-bond donors (Lipinski definition) is 3.